The third-order valence-electron chi connectivity index (χ3n) is 13.2. The molecule has 30 heteroatoms. The molecule has 0 amide bonds. The maximum Gasteiger partial charge on any atom is 0.416 e. The lowest BCUT2D eigenvalue weighted by molar-refractivity contribution is -0.387. The fraction of sp³-hybridized carbons (Fsp3) is 0.263. The molecule has 0 spiro atoms. The summed E-state index contributed by atoms with van der Waals surface area (Å²) in [6.07, 6.45) is -15.1. The highest BCUT2D eigenvalue weighted by Crippen LogP contribution is 2.39. The number of benzene rings is 7. The molecule has 0 aliphatic heterocycles. The number of nitrogens with zero attached hydrogens (tertiary/aromatic N) is 4. The Bertz CT molecular complexity index is 3250. The predicted octanol–water partition coefficient (Wildman–Crippen LogP) is 16.1. The molecule has 0 saturated carbocycles. The Labute approximate surface area is 510 Å². The highest BCUT2D eigenvalue weighted by molar-refractivity contribution is 7.07. The predicted molar refractivity (Wildman–Crippen MR) is 320 cm³/mol. The van der Waals surface area contributed by atoms with Gasteiger partial charge in [0.25, 0.3) is 31.1 Å². The minimum Gasteiger partial charge on any atom is -0.412 e. The van der Waals surface area contributed by atoms with E-state index in [1.165, 1.54) is 42.5 Å². The average Bonchev–Trinajstić information content (AvgIpc) is 2.27. The van der Waals surface area contributed by atoms with Crippen molar-refractivity contribution in [3.05, 3.63) is 249 Å². The molecule has 0 bridgehead atoms. The number of hydrogen-bond donors (Lipinski definition) is 0. The summed E-state index contributed by atoms with van der Waals surface area (Å²) < 4.78 is 139. The van der Waals surface area contributed by atoms with Gasteiger partial charge in [-0.15, -0.1) is 34.8 Å². The Morgan fingerprint density at radius 1 is 0.414 bits per heavy atom. The van der Waals surface area contributed by atoms with E-state index < -0.39 is 92.6 Å². The largest absolute Gasteiger partial charge is 0.416 e. The van der Waals surface area contributed by atoms with E-state index in [1.54, 1.807) is 54.6 Å². The van der Waals surface area contributed by atoms with E-state index in [9.17, 15) is 80.0 Å². The van der Waals surface area contributed by atoms with Crippen LogP contribution in [0.3, 0.4) is 0 Å². The molecule has 0 fully saturated rings. The van der Waals surface area contributed by atoms with Gasteiger partial charge in [0.1, 0.15) is 6.10 Å². The first-order valence-electron chi connectivity index (χ1n) is 25.9. The minimum atomic E-state index is -4.74. The molecule has 0 aromatic heterocycles. The van der Waals surface area contributed by atoms with Crippen molar-refractivity contribution < 1.29 is 72.5 Å². The van der Waals surface area contributed by atoms with E-state index in [4.69, 9.17) is 48.1 Å². The van der Waals surface area contributed by atoms with Crippen LogP contribution in [-0.2, 0) is 45.0 Å². The van der Waals surface area contributed by atoms with Crippen molar-refractivity contribution in [1.82, 2.24) is 0 Å². The third kappa shape index (κ3) is 19.2. The molecule has 0 atom stereocenters. The molecule has 7 rings (SSSR count). The van der Waals surface area contributed by atoms with Crippen LogP contribution in [0.15, 0.2) is 170 Å². The van der Waals surface area contributed by atoms with Gasteiger partial charge in [-0.05, 0) is 77.6 Å². The fourth-order valence-corrected chi connectivity index (χ4v) is 19.5. The lowest BCUT2D eigenvalue weighted by atomic mass is 9.98. The number of rotatable bonds is 23. The molecule has 7 aromatic rings. The molecule has 7 aromatic carbocycles. The molecule has 464 valence electrons. The Hall–Kier alpha value is -7.09. The van der Waals surface area contributed by atoms with Crippen LogP contribution >= 0.6 is 34.8 Å². The molecule has 0 N–H and O–H groups in total. The molecular formula is C57H54Cl3F9N4O11Si3. The smallest absolute Gasteiger partial charge is 0.412 e. The second-order valence-electron chi connectivity index (χ2n) is 20.0. The van der Waals surface area contributed by atoms with Crippen molar-refractivity contribution in [2.75, 3.05) is 17.6 Å². The summed E-state index contributed by atoms with van der Waals surface area (Å²) in [5.74, 6) is 1.45. The monoisotopic (exact) mass is 1330 g/mol. The molecule has 0 unspecified atom stereocenters. The van der Waals surface area contributed by atoms with Gasteiger partial charge >= 0.3 is 18.5 Å². The number of halogens is 12. The van der Waals surface area contributed by atoms with Crippen LogP contribution < -0.4 is 15.6 Å². The maximum atomic E-state index is 13.4. The van der Waals surface area contributed by atoms with Gasteiger partial charge in [-0.2, -0.15) is 39.5 Å². The quantitative estimate of drug-likeness (QED) is 0.0147. The van der Waals surface area contributed by atoms with Crippen molar-refractivity contribution in [3.63, 3.8) is 0 Å². The van der Waals surface area contributed by atoms with Crippen LogP contribution in [0.1, 0.15) is 45.0 Å². The zero-order valence-corrected chi connectivity index (χ0v) is 51.5. The van der Waals surface area contributed by atoms with Crippen LogP contribution in [0.5, 0.6) is 0 Å². The highest BCUT2D eigenvalue weighted by atomic mass is 35.5. The van der Waals surface area contributed by atoms with Crippen molar-refractivity contribution in [3.8, 4) is 0 Å². The molecule has 15 nitrogen and oxygen atoms in total. The Kier molecular flexibility index (Phi) is 24.9. The van der Waals surface area contributed by atoms with Gasteiger partial charge in [0, 0.05) is 41.9 Å². The summed E-state index contributed by atoms with van der Waals surface area (Å²) in [7, 11) is -8.54. The van der Waals surface area contributed by atoms with Gasteiger partial charge in [0.2, 0.25) is 0 Å². The van der Waals surface area contributed by atoms with Gasteiger partial charge in [0.05, 0.1) is 71.9 Å². The third-order valence-corrected chi connectivity index (χ3v) is 23.9. The van der Waals surface area contributed by atoms with E-state index in [1.807, 2.05) is 19.6 Å². The number of nitro benzene ring substituents is 4. The normalized spacial score (nSPS) is 12.1. The molecular weight excluding hydrogens is 1280 g/mol. The first-order valence-corrected chi connectivity index (χ1v) is 35.4. The second-order valence-corrected chi connectivity index (χ2v) is 33.1. The SMILES string of the molecule is C[Si](C)(C)OC(c1ccccc1[N+](=O)[O-])c1ccccc1[N+](=O)[O-].O=[N+]([O-])c1ccccc1CO[Si](CCCl)(CCCl)CCCl.O=[N+]([O-])c1ccccc1CO[Si](c1ccc(C(F)(F)F)cc1)(c1ccc(C(F)(F)F)cc1)c1ccc(C(F)(F)F)cc1. The standard InChI is InChI=1S/C28H18F9NO3Si.C16H18N2O5Si.C13H18Cl3NO3Si/c29-26(30,31)19-5-11-22(12-6-19)42(23-13-7-20(8-14-23)27(32,33)34,24-15-9-21(10-16-24)28(35,36)37)41-17-18-3-1-2-4-25(18)38(39)40;1-24(2,3)23-16(12-8-4-6-10-14(12)17(19)20)13-9-5-7-11-15(13)18(21)22;14-5-8-21(9-6-15,10-7-16)20-11-12-3-1-2-4-13(12)17(18)19/h1-16H,17H2;4-11,16H,1-3H3;1-4H,5-11H2. The van der Waals surface area contributed by atoms with Gasteiger partial charge < -0.3 is 13.3 Å². The van der Waals surface area contributed by atoms with Crippen LogP contribution in [0.4, 0.5) is 62.3 Å². The molecule has 0 radical (unpaired) electrons. The van der Waals surface area contributed by atoms with Gasteiger partial charge in [-0.1, -0.05) is 121 Å². The van der Waals surface area contributed by atoms with Crippen LogP contribution in [0, 0.1) is 40.5 Å². The second kappa shape index (κ2) is 30.7. The first kappa shape index (κ1) is 70.7. The minimum absolute atomic E-state index is 0.0325. The fourth-order valence-electron chi connectivity index (χ4n) is 8.98. The van der Waals surface area contributed by atoms with Crippen LogP contribution in [-0.4, -0.2) is 62.3 Å². The number of para-hydroxylation sites is 4. The molecule has 0 heterocycles. The van der Waals surface area contributed by atoms with Crippen molar-refractivity contribution in [2.45, 2.75) is 75.6 Å². The summed E-state index contributed by atoms with van der Waals surface area (Å²) in [6, 6.07) is 37.2. The first-order chi connectivity index (χ1) is 40.8. The van der Waals surface area contributed by atoms with Crippen LogP contribution in [0.2, 0.25) is 37.8 Å². The molecule has 0 aliphatic carbocycles. The van der Waals surface area contributed by atoms with Gasteiger partial charge in [-0.25, -0.2) is 0 Å². The van der Waals surface area contributed by atoms with Gasteiger partial charge in [-0.3, -0.25) is 40.5 Å². The Balaban J connectivity index is 0.000000260. The molecule has 0 aliphatic rings. The Morgan fingerprint density at radius 2 is 0.690 bits per heavy atom. The summed E-state index contributed by atoms with van der Waals surface area (Å²) in [5, 5.41) is 45.5. The zero-order valence-electron chi connectivity index (χ0n) is 46.2. The Morgan fingerprint density at radius 3 is 0.966 bits per heavy atom. The maximum absolute atomic E-state index is 13.4. The van der Waals surface area contributed by atoms with Crippen molar-refractivity contribution in [2.24, 2.45) is 0 Å². The summed E-state index contributed by atoms with van der Waals surface area (Å²) in [5.41, 5.74) is -2.43. The number of nitro groups is 4. The van der Waals surface area contributed by atoms with E-state index >= 15 is 0 Å². The molecule has 0 saturated heterocycles. The lowest BCUT2D eigenvalue weighted by Crippen LogP contribution is -2.69. The summed E-state index contributed by atoms with van der Waals surface area (Å²) >= 11 is 17.6. The summed E-state index contributed by atoms with van der Waals surface area (Å²) in [6.45, 7) is 5.47. The summed E-state index contributed by atoms with van der Waals surface area (Å²) in [4.78, 5) is 43.3. The topological polar surface area (TPSA) is 200 Å². The number of alkyl halides is 12. The van der Waals surface area contributed by atoms with E-state index in [2.05, 4.69) is 0 Å². The van der Waals surface area contributed by atoms with E-state index in [-0.39, 0.29) is 50.5 Å². The molecule has 87 heavy (non-hydrogen) atoms. The van der Waals surface area contributed by atoms with E-state index in [0.717, 1.165) is 90.9 Å². The van der Waals surface area contributed by atoms with Gasteiger partial charge in [0.15, 0.2) is 16.6 Å². The zero-order chi connectivity index (χ0) is 64.5. The van der Waals surface area contributed by atoms with Crippen LogP contribution in [0.25, 0.3) is 0 Å². The number of hydrogen-bond acceptors (Lipinski definition) is 11. The average molecular weight is 1330 g/mol. The highest BCUT2D eigenvalue weighted by Gasteiger charge is 2.45. The van der Waals surface area contributed by atoms with Crippen molar-refractivity contribution >= 4 is 98.1 Å². The lowest BCUT2D eigenvalue weighted by Gasteiger charge is -2.33. The van der Waals surface area contributed by atoms with E-state index in [0.29, 0.717) is 34.3 Å². The van der Waals surface area contributed by atoms with Crippen molar-refractivity contribution in [1.29, 1.82) is 0 Å².